The highest BCUT2D eigenvalue weighted by molar-refractivity contribution is 7.89. The van der Waals surface area contributed by atoms with Crippen molar-refractivity contribution in [2.45, 2.75) is 31.6 Å². The average molecular weight is 352 g/mol. The van der Waals surface area contributed by atoms with Crippen LogP contribution in [0.15, 0.2) is 29.2 Å². The van der Waals surface area contributed by atoms with E-state index in [4.69, 9.17) is 0 Å². The zero-order chi connectivity index (χ0) is 17.9. The van der Waals surface area contributed by atoms with Gasteiger partial charge in [-0.15, -0.1) is 0 Å². The number of carbonyl (C=O) groups excluding carboxylic acids is 2. The van der Waals surface area contributed by atoms with Crippen LogP contribution in [0.5, 0.6) is 0 Å². The fourth-order valence-electron chi connectivity index (χ4n) is 2.68. The molecule has 1 aliphatic rings. The molecule has 6 nitrogen and oxygen atoms in total. The number of ketones is 1. The van der Waals surface area contributed by atoms with Crippen LogP contribution < -0.4 is 0 Å². The van der Waals surface area contributed by atoms with E-state index in [1.807, 2.05) is 0 Å². The van der Waals surface area contributed by atoms with E-state index in [0.29, 0.717) is 24.6 Å². The second-order valence-electron chi connectivity index (χ2n) is 6.40. The molecule has 0 unspecified atom stereocenters. The minimum Gasteiger partial charge on any atom is -0.342 e. The molecule has 2 rings (SSSR count). The number of piperidine rings is 1. The van der Waals surface area contributed by atoms with E-state index in [1.165, 1.54) is 38.2 Å². The molecule has 132 valence electrons. The maximum absolute atomic E-state index is 12.6. The summed E-state index contributed by atoms with van der Waals surface area (Å²) in [5.74, 6) is 0.311. The summed E-state index contributed by atoms with van der Waals surface area (Å²) in [5, 5.41) is 0. The summed E-state index contributed by atoms with van der Waals surface area (Å²) in [5.41, 5.74) is 0.454. The molecule has 1 aromatic carbocycles. The summed E-state index contributed by atoms with van der Waals surface area (Å²) < 4.78 is 26.2. The van der Waals surface area contributed by atoms with E-state index >= 15 is 0 Å². The SMILES string of the molecule is CC(=O)c1ccc(S(=O)(=O)N(C)CC(=O)N2CCC(C)CC2)cc1. The van der Waals surface area contributed by atoms with Crippen LogP contribution in [0, 0.1) is 5.92 Å². The molecule has 1 amide bonds. The number of carbonyl (C=O) groups is 2. The van der Waals surface area contributed by atoms with Crippen LogP contribution >= 0.6 is 0 Å². The number of sulfonamides is 1. The van der Waals surface area contributed by atoms with Gasteiger partial charge < -0.3 is 4.90 Å². The van der Waals surface area contributed by atoms with Gasteiger partial charge in [0.1, 0.15) is 0 Å². The molecule has 0 bridgehead atoms. The summed E-state index contributed by atoms with van der Waals surface area (Å²) >= 11 is 0. The van der Waals surface area contributed by atoms with Crippen molar-refractivity contribution in [3.8, 4) is 0 Å². The van der Waals surface area contributed by atoms with E-state index in [2.05, 4.69) is 6.92 Å². The third-order valence-electron chi connectivity index (χ3n) is 4.46. The van der Waals surface area contributed by atoms with Crippen molar-refractivity contribution in [2.24, 2.45) is 5.92 Å². The molecule has 0 spiro atoms. The van der Waals surface area contributed by atoms with Crippen LogP contribution in [0.25, 0.3) is 0 Å². The van der Waals surface area contributed by atoms with Crippen LogP contribution in [-0.2, 0) is 14.8 Å². The molecule has 1 saturated heterocycles. The number of rotatable bonds is 5. The first kappa shape index (κ1) is 18.6. The number of amides is 1. The molecule has 1 aliphatic heterocycles. The van der Waals surface area contributed by atoms with Crippen LogP contribution in [0.3, 0.4) is 0 Å². The quantitative estimate of drug-likeness (QED) is 0.757. The van der Waals surface area contributed by atoms with Gasteiger partial charge in [0.2, 0.25) is 15.9 Å². The molecule has 1 heterocycles. The number of Topliss-reactive ketones (excluding diaryl/α,β-unsaturated/α-hetero) is 1. The van der Waals surface area contributed by atoms with Crippen molar-refractivity contribution in [2.75, 3.05) is 26.7 Å². The van der Waals surface area contributed by atoms with Crippen molar-refractivity contribution in [3.63, 3.8) is 0 Å². The zero-order valence-electron chi connectivity index (χ0n) is 14.4. The Morgan fingerprint density at radius 2 is 1.71 bits per heavy atom. The van der Waals surface area contributed by atoms with Crippen LogP contribution in [0.2, 0.25) is 0 Å². The van der Waals surface area contributed by atoms with Gasteiger partial charge in [-0.2, -0.15) is 4.31 Å². The Labute approximate surface area is 143 Å². The maximum Gasteiger partial charge on any atom is 0.243 e. The molecular weight excluding hydrogens is 328 g/mol. The first-order chi connectivity index (χ1) is 11.2. The minimum absolute atomic E-state index is 0.0788. The van der Waals surface area contributed by atoms with Gasteiger partial charge in [0, 0.05) is 25.7 Å². The summed E-state index contributed by atoms with van der Waals surface area (Å²) in [7, 11) is -2.35. The third-order valence-corrected chi connectivity index (χ3v) is 6.28. The molecule has 0 radical (unpaired) electrons. The molecule has 1 aromatic rings. The summed E-state index contributed by atoms with van der Waals surface area (Å²) in [6.07, 6.45) is 1.91. The lowest BCUT2D eigenvalue weighted by Gasteiger charge is -2.31. The number of likely N-dealkylation sites (N-methyl/N-ethyl adjacent to an activating group) is 1. The van der Waals surface area contributed by atoms with Gasteiger partial charge in [-0.3, -0.25) is 9.59 Å². The first-order valence-corrected chi connectivity index (χ1v) is 9.51. The van der Waals surface area contributed by atoms with E-state index < -0.39 is 10.0 Å². The molecule has 0 N–H and O–H groups in total. The Hall–Kier alpha value is -1.73. The molecular formula is C17H24N2O4S. The standard InChI is InChI=1S/C17H24N2O4S/c1-13-8-10-19(11-9-13)17(21)12-18(3)24(22,23)16-6-4-15(5-7-16)14(2)20/h4-7,13H,8-12H2,1-3H3. The van der Waals surface area contributed by atoms with Gasteiger partial charge in [0.25, 0.3) is 0 Å². The Bertz CT molecular complexity index is 705. The van der Waals surface area contributed by atoms with Gasteiger partial charge in [0.05, 0.1) is 11.4 Å². The second kappa shape index (κ2) is 7.44. The van der Waals surface area contributed by atoms with Crippen molar-refractivity contribution >= 4 is 21.7 Å². The number of hydrogen-bond acceptors (Lipinski definition) is 4. The molecule has 0 saturated carbocycles. The Morgan fingerprint density at radius 1 is 1.17 bits per heavy atom. The molecule has 0 atom stereocenters. The van der Waals surface area contributed by atoms with Gasteiger partial charge in [-0.1, -0.05) is 19.1 Å². The topological polar surface area (TPSA) is 74.8 Å². The molecule has 0 aromatic heterocycles. The highest BCUT2D eigenvalue weighted by atomic mass is 32.2. The van der Waals surface area contributed by atoms with E-state index in [1.54, 1.807) is 4.90 Å². The van der Waals surface area contributed by atoms with Crippen molar-refractivity contribution < 1.29 is 18.0 Å². The second-order valence-corrected chi connectivity index (χ2v) is 8.45. The number of hydrogen-bond donors (Lipinski definition) is 0. The number of nitrogens with zero attached hydrogens (tertiary/aromatic N) is 2. The minimum atomic E-state index is -3.75. The van der Waals surface area contributed by atoms with E-state index in [-0.39, 0.29) is 23.1 Å². The van der Waals surface area contributed by atoms with E-state index in [0.717, 1.165) is 17.1 Å². The summed E-state index contributed by atoms with van der Waals surface area (Å²) in [6, 6.07) is 5.76. The highest BCUT2D eigenvalue weighted by Gasteiger charge is 2.27. The van der Waals surface area contributed by atoms with Gasteiger partial charge in [-0.05, 0) is 37.8 Å². The van der Waals surface area contributed by atoms with Crippen LogP contribution in [0.4, 0.5) is 0 Å². The Morgan fingerprint density at radius 3 is 2.21 bits per heavy atom. The smallest absolute Gasteiger partial charge is 0.243 e. The van der Waals surface area contributed by atoms with Crippen LogP contribution in [-0.4, -0.2) is 56.0 Å². The lowest BCUT2D eigenvalue weighted by atomic mass is 9.99. The monoisotopic (exact) mass is 352 g/mol. The largest absolute Gasteiger partial charge is 0.342 e. The lowest BCUT2D eigenvalue weighted by Crippen LogP contribution is -2.44. The fourth-order valence-corrected chi connectivity index (χ4v) is 3.80. The molecule has 7 heteroatoms. The van der Waals surface area contributed by atoms with Gasteiger partial charge >= 0.3 is 0 Å². The summed E-state index contributed by atoms with van der Waals surface area (Å²) in [6.45, 7) is 4.77. The van der Waals surface area contributed by atoms with Crippen LogP contribution in [0.1, 0.15) is 37.0 Å². The fraction of sp³-hybridized carbons (Fsp3) is 0.529. The zero-order valence-corrected chi connectivity index (χ0v) is 15.2. The third kappa shape index (κ3) is 4.21. The molecule has 1 fully saturated rings. The van der Waals surface area contributed by atoms with Crippen molar-refractivity contribution in [1.29, 1.82) is 0 Å². The molecule has 24 heavy (non-hydrogen) atoms. The predicted octanol–water partition coefficient (Wildman–Crippen LogP) is 1.77. The normalized spacial score (nSPS) is 16.4. The van der Waals surface area contributed by atoms with E-state index in [9.17, 15) is 18.0 Å². The molecule has 0 aliphatic carbocycles. The summed E-state index contributed by atoms with van der Waals surface area (Å²) in [4.78, 5) is 25.4. The maximum atomic E-state index is 12.6. The predicted molar refractivity (Wildman–Crippen MR) is 91.2 cm³/mol. The number of likely N-dealkylation sites (tertiary alicyclic amines) is 1. The van der Waals surface area contributed by atoms with Crippen molar-refractivity contribution in [1.82, 2.24) is 9.21 Å². The average Bonchev–Trinajstić information content (AvgIpc) is 2.55. The van der Waals surface area contributed by atoms with Gasteiger partial charge in [-0.25, -0.2) is 8.42 Å². The number of benzene rings is 1. The van der Waals surface area contributed by atoms with Gasteiger partial charge in [0.15, 0.2) is 5.78 Å². The Kier molecular flexibility index (Phi) is 5.77. The highest BCUT2D eigenvalue weighted by Crippen LogP contribution is 2.18. The lowest BCUT2D eigenvalue weighted by molar-refractivity contribution is -0.132. The Balaban J connectivity index is 2.05. The van der Waals surface area contributed by atoms with Crippen molar-refractivity contribution in [3.05, 3.63) is 29.8 Å². The first-order valence-electron chi connectivity index (χ1n) is 8.07.